The Bertz CT molecular complexity index is 622. The Kier molecular flexibility index (Phi) is 3.88. The van der Waals surface area contributed by atoms with Gasteiger partial charge in [-0.15, -0.1) is 12.6 Å². The van der Waals surface area contributed by atoms with E-state index in [2.05, 4.69) is 38.5 Å². The fraction of sp³-hybridized carbons (Fsp3) is 0.429. The molecule has 4 N–H and O–H groups in total. The minimum atomic E-state index is -0.417. The van der Waals surface area contributed by atoms with Crippen LogP contribution in [0.25, 0.3) is 0 Å². The first-order valence-electron chi connectivity index (χ1n) is 7.00. The number of guanidine groups is 2. The summed E-state index contributed by atoms with van der Waals surface area (Å²) < 4.78 is 0.976. The highest BCUT2D eigenvalue weighted by Gasteiger charge is 2.43. The predicted octanol–water partition coefficient (Wildman–Crippen LogP) is 2.85. The highest BCUT2D eigenvalue weighted by Crippen LogP contribution is 2.41. The van der Waals surface area contributed by atoms with Crippen LogP contribution >= 0.6 is 28.6 Å². The molecule has 7 heteroatoms. The number of hydrogen-bond acceptors (Lipinski definition) is 6. The lowest BCUT2D eigenvalue weighted by Gasteiger charge is -2.46. The maximum atomic E-state index is 6.18. The van der Waals surface area contributed by atoms with Gasteiger partial charge in [0.25, 0.3) is 0 Å². The van der Waals surface area contributed by atoms with Crippen LogP contribution in [0.5, 0.6) is 0 Å². The second-order valence-corrected chi connectivity index (χ2v) is 6.85. The zero-order valence-corrected chi connectivity index (χ0v) is 14.1. The molecule has 1 spiro atoms. The number of rotatable bonds is 1. The maximum Gasteiger partial charge on any atom is 0.220 e. The van der Waals surface area contributed by atoms with Gasteiger partial charge < -0.3 is 11.5 Å². The summed E-state index contributed by atoms with van der Waals surface area (Å²) in [5.74, 6) is 0.658. The van der Waals surface area contributed by atoms with Crippen molar-refractivity contribution in [3.05, 3.63) is 22.7 Å². The number of hydrogen-bond donors (Lipinski definition) is 3. The van der Waals surface area contributed by atoms with Gasteiger partial charge in [-0.3, -0.25) is 4.90 Å². The third kappa shape index (κ3) is 2.64. The summed E-state index contributed by atoms with van der Waals surface area (Å²) in [4.78, 5) is 11.6. The minimum absolute atomic E-state index is 0.267. The van der Waals surface area contributed by atoms with Crippen molar-refractivity contribution in [2.45, 2.75) is 42.7 Å². The average molecular weight is 368 g/mol. The monoisotopic (exact) mass is 367 g/mol. The van der Waals surface area contributed by atoms with Crippen molar-refractivity contribution in [1.29, 1.82) is 0 Å². The number of nitrogens with two attached hydrogens (primary N) is 2. The zero-order valence-electron chi connectivity index (χ0n) is 11.6. The first-order chi connectivity index (χ1) is 10.0. The van der Waals surface area contributed by atoms with Crippen molar-refractivity contribution in [3.63, 3.8) is 0 Å². The van der Waals surface area contributed by atoms with E-state index in [0.717, 1.165) is 40.7 Å². The summed E-state index contributed by atoms with van der Waals surface area (Å²) in [5.41, 5.74) is 12.5. The van der Waals surface area contributed by atoms with Crippen molar-refractivity contribution in [3.8, 4) is 0 Å². The van der Waals surface area contributed by atoms with Crippen molar-refractivity contribution >= 4 is 46.2 Å². The number of aliphatic imine (C=N–C) groups is 2. The van der Waals surface area contributed by atoms with E-state index in [-0.39, 0.29) is 5.96 Å². The Morgan fingerprint density at radius 2 is 1.90 bits per heavy atom. The second kappa shape index (κ2) is 5.53. The van der Waals surface area contributed by atoms with Gasteiger partial charge in [-0.25, -0.2) is 4.99 Å². The molecular formula is C14H18BrN5S. The topological polar surface area (TPSA) is 80.0 Å². The number of halogens is 1. The summed E-state index contributed by atoms with van der Waals surface area (Å²) >= 11 is 8.04. The fourth-order valence-electron chi connectivity index (χ4n) is 3.16. The number of anilines is 1. The molecule has 5 nitrogen and oxygen atoms in total. The van der Waals surface area contributed by atoms with E-state index in [9.17, 15) is 0 Å². The molecule has 3 rings (SSSR count). The molecule has 1 saturated carbocycles. The largest absolute Gasteiger partial charge is 0.369 e. The smallest absolute Gasteiger partial charge is 0.220 e. The van der Waals surface area contributed by atoms with E-state index < -0.39 is 5.66 Å². The predicted molar refractivity (Wildman–Crippen MR) is 92.9 cm³/mol. The molecule has 0 amide bonds. The Balaban J connectivity index is 2.10. The van der Waals surface area contributed by atoms with Crippen LogP contribution in [0, 0.1) is 0 Å². The van der Waals surface area contributed by atoms with Crippen molar-refractivity contribution in [2.75, 3.05) is 4.90 Å². The normalized spacial score (nSPS) is 21.1. The van der Waals surface area contributed by atoms with E-state index in [1.165, 1.54) is 6.42 Å². The van der Waals surface area contributed by atoms with Gasteiger partial charge in [0.2, 0.25) is 11.9 Å². The van der Waals surface area contributed by atoms with Crippen molar-refractivity contribution in [2.24, 2.45) is 21.5 Å². The lowest BCUT2D eigenvalue weighted by Crippen LogP contribution is -2.58. The van der Waals surface area contributed by atoms with Crippen LogP contribution in [0.3, 0.4) is 0 Å². The van der Waals surface area contributed by atoms with Crippen LogP contribution in [0.1, 0.15) is 32.1 Å². The molecule has 0 unspecified atom stereocenters. The Labute approximate surface area is 138 Å². The first kappa shape index (κ1) is 14.7. The number of nitrogens with zero attached hydrogens (tertiary/aromatic N) is 3. The van der Waals surface area contributed by atoms with Gasteiger partial charge in [0, 0.05) is 9.37 Å². The molecule has 0 atom stereocenters. The molecule has 0 bridgehead atoms. The highest BCUT2D eigenvalue weighted by molar-refractivity contribution is 9.10. The summed E-state index contributed by atoms with van der Waals surface area (Å²) in [7, 11) is 0. The molecular weight excluding hydrogens is 350 g/mol. The van der Waals surface area contributed by atoms with E-state index in [1.54, 1.807) is 0 Å². The highest BCUT2D eigenvalue weighted by atomic mass is 79.9. The molecule has 1 aromatic carbocycles. The summed E-state index contributed by atoms with van der Waals surface area (Å²) in [6.07, 6.45) is 5.29. The molecule has 1 heterocycles. The fourth-order valence-corrected chi connectivity index (χ4v) is 4.01. The Morgan fingerprint density at radius 1 is 1.19 bits per heavy atom. The SMILES string of the molecule is NC1=NC2(CCCCC2)N(c2ccc(Br)cc2S)C(N)=N1. The molecule has 1 aromatic rings. The molecule has 0 aromatic heterocycles. The molecule has 0 radical (unpaired) electrons. The zero-order chi connectivity index (χ0) is 15.0. The van der Waals surface area contributed by atoms with Crippen LogP contribution in [-0.4, -0.2) is 17.6 Å². The Hall–Kier alpha value is -1.21. The van der Waals surface area contributed by atoms with Crippen LogP contribution in [0.15, 0.2) is 37.6 Å². The van der Waals surface area contributed by atoms with Gasteiger partial charge in [-0.2, -0.15) is 4.99 Å². The summed E-state index contributed by atoms with van der Waals surface area (Å²) in [5, 5.41) is 0. The Morgan fingerprint density at radius 3 is 2.57 bits per heavy atom. The van der Waals surface area contributed by atoms with Gasteiger partial charge in [-0.1, -0.05) is 22.4 Å². The lowest BCUT2D eigenvalue weighted by molar-refractivity contribution is 0.305. The van der Waals surface area contributed by atoms with Crippen LogP contribution in [-0.2, 0) is 0 Å². The maximum absolute atomic E-state index is 6.18. The van der Waals surface area contributed by atoms with Gasteiger partial charge in [0.1, 0.15) is 5.66 Å². The van der Waals surface area contributed by atoms with Crippen LogP contribution < -0.4 is 16.4 Å². The number of benzene rings is 1. The summed E-state index contributed by atoms with van der Waals surface area (Å²) in [6, 6.07) is 5.91. The molecule has 0 saturated heterocycles. The van der Waals surface area contributed by atoms with Crippen molar-refractivity contribution in [1.82, 2.24) is 0 Å². The third-order valence-corrected chi connectivity index (χ3v) is 4.88. The van der Waals surface area contributed by atoms with Gasteiger partial charge in [0.05, 0.1) is 5.69 Å². The second-order valence-electron chi connectivity index (χ2n) is 5.45. The number of thiol groups is 1. The molecule has 1 aliphatic heterocycles. The molecule has 1 aliphatic carbocycles. The lowest BCUT2D eigenvalue weighted by atomic mass is 9.87. The van der Waals surface area contributed by atoms with E-state index in [0.29, 0.717) is 5.96 Å². The molecule has 112 valence electrons. The third-order valence-electron chi connectivity index (χ3n) is 4.03. The van der Waals surface area contributed by atoms with Crippen LogP contribution in [0.4, 0.5) is 5.69 Å². The average Bonchev–Trinajstić information content (AvgIpc) is 2.41. The first-order valence-corrected chi connectivity index (χ1v) is 8.24. The van der Waals surface area contributed by atoms with E-state index in [1.807, 2.05) is 23.1 Å². The van der Waals surface area contributed by atoms with Gasteiger partial charge in [0.15, 0.2) is 0 Å². The van der Waals surface area contributed by atoms with Crippen LogP contribution in [0.2, 0.25) is 0 Å². The van der Waals surface area contributed by atoms with E-state index in [4.69, 9.17) is 11.5 Å². The molecule has 1 fully saturated rings. The molecule has 2 aliphatic rings. The van der Waals surface area contributed by atoms with Gasteiger partial charge >= 0.3 is 0 Å². The minimum Gasteiger partial charge on any atom is -0.369 e. The van der Waals surface area contributed by atoms with Gasteiger partial charge in [-0.05, 0) is 43.9 Å². The van der Waals surface area contributed by atoms with E-state index >= 15 is 0 Å². The quantitative estimate of drug-likeness (QED) is 0.667. The van der Waals surface area contributed by atoms with Crippen molar-refractivity contribution < 1.29 is 0 Å². The molecule has 21 heavy (non-hydrogen) atoms. The summed E-state index contributed by atoms with van der Waals surface area (Å²) in [6.45, 7) is 0. The standard InChI is InChI=1S/C14H18BrN5S/c15-9-4-5-10(11(21)8-9)20-13(17)18-12(16)19-14(20)6-2-1-3-7-14/h4-5,8,21H,1-3,6-7H2,(H4,16,17,18,19).